The molecule has 1 aliphatic rings. The molecular formula is C22H24N4O5S2. The molecule has 0 aliphatic carbocycles. The van der Waals surface area contributed by atoms with E-state index < -0.39 is 9.84 Å². The molecule has 9 nitrogen and oxygen atoms in total. The number of aromatic amines is 1. The lowest BCUT2D eigenvalue weighted by atomic mass is 10.1. The molecule has 0 saturated heterocycles. The van der Waals surface area contributed by atoms with Crippen molar-refractivity contribution in [3.63, 3.8) is 0 Å². The van der Waals surface area contributed by atoms with E-state index in [0.29, 0.717) is 30.4 Å². The van der Waals surface area contributed by atoms with Gasteiger partial charge in [-0.25, -0.2) is 13.4 Å². The smallest absolute Gasteiger partial charge is 0.221 e. The Kier molecular flexibility index (Phi) is 6.35. The van der Waals surface area contributed by atoms with Gasteiger partial charge in [-0.15, -0.1) is 0 Å². The minimum Gasteiger partial charge on any atom is -0.492 e. The number of pyridine rings is 1. The number of aromatic nitrogens is 2. The summed E-state index contributed by atoms with van der Waals surface area (Å²) in [4.78, 5) is 23.4. The average Bonchev–Trinajstić information content (AvgIpc) is 3.40. The van der Waals surface area contributed by atoms with Gasteiger partial charge in [0.1, 0.15) is 22.3 Å². The Morgan fingerprint density at radius 3 is 2.73 bits per heavy atom. The minimum atomic E-state index is -3.38. The molecule has 1 aromatic carbocycles. The van der Waals surface area contributed by atoms with Crippen LogP contribution in [0.15, 0.2) is 46.5 Å². The largest absolute Gasteiger partial charge is 0.492 e. The molecule has 0 saturated carbocycles. The first-order chi connectivity index (χ1) is 15.7. The molecule has 4 rings (SSSR count). The van der Waals surface area contributed by atoms with Crippen molar-refractivity contribution in [1.29, 1.82) is 0 Å². The predicted molar refractivity (Wildman–Crippen MR) is 128 cm³/mol. The van der Waals surface area contributed by atoms with Crippen LogP contribution < -0.4 is 15.2 Å². The van der Waals surface area contributed by atoms with Gasteiger partial charge in [0.05, 0.1) is 30.6 Å². The Hall–Kier alpha value is -3.05. The van der Waals surface area contributed by atoms with Gasteiger partial charge in [-0.3, -0.25) is 9.79 Å². The molecule has 11 heteroatoms. The Morgan fingerprint density at radius 1 is 1.30 bits per heavy atom. The normalized spacial score (nSPS) is 17.1. The summed E-state index contributed by atoms with van der Waals surface area (Å²) in [6.45, 7) is 4.70. The number of H-pyrrole nitrogens is 1. The van der Waals surface area contributed by atoms with Crippen LogP contribution in [0, 0.1) is 5.92 Å². The van der Waals surface area contributed by atoms with Gasteiger partial charge in [0.2, 0.25) is 5.91 Å². The number of amides is 1. The van der Waals surface area contributed by atoms with Crippen molar-refractivity contribution in [1.82, 2.24) is 9.97 Å². The summed E-state index contributed by atoms with van der Waals surface area (Å²) in [5, 5.41) is 1.67. The van der Waals surface area contributed by atoms with E-state index in [2.05, 4.69) is 15.0 Å². The van der Waals surface area contributed by atoms with Crippen molar-refractivity contribution < 1.29 is 22.7 Å². The maximum atomic E-state index is 11.6. The third-order valence-corrected chi connectivity index (χ3v) is 7.64. The Labute approximate surface area is 195 Å². The van der Waals surface area contributed by atoms with Crippen LogP contribution in [0.3, 0.4) is 0 Å². The maximum absolute atomic E-state index is 11.6. The molecule has 0 spiro atoms. The van der Waals surface area contributed by atoms with Crippen LogP contribution >= 0.6 is 11.8 Å². The Balaban J connectivity index is 1.62. The third-order valence-electron chi connectivity index (χ3n) is 5.21. The lowest BCUT2D eigenvalue weighted by Gasteiger charge is -2.13. The molecular weight excluding hydrogens is 464 g/mol. The number of nitrogens with two attached hydrogens (primary N) is 1. The lowest BCUT2D eigenvalue weighted by Crippen LogP contribution is -2.30. The van der Waals surface area contributed by atoms with Gasteiger partial charge in [-0.05, 0) is 31.2 Å². The van der Waals surface area contributed by atoms with Gasteiger partial charge >= 0.3 is 0 Å². The fourth-order valence-electron chi connectivity index (χ4n) is 3.39. The second-order valence-corrected chi connectivity index (χ2v) is 10.9. The maximum Gasteiger partial charge on any atom is 0.221 e. The fourth-order valence-corrected chi connectivity index (χ4v) is 5.11. The number of primary amides is 1. The molecule has 2 aromatic heterocycles. The van der Waals surface area contributed by atoms with E-state index in [0.717, 1.165) is 27.9 Å². The first-order valence-corrected chi connectivity index (χ1v) is 13.1. The van der Waals surface area contributed by atoms with Crippen LogP contribution in [0.2, 0.25) is 0 Å². The molecule has 0 bridgehead atoms. The van der Waals surface area contributed by atoms with Crippen molar-refractivity contribution in [3.05, 3.63) is 42.2 Å². The molecule has 33 heavy (non-hydrogen) atoms. The highest BCUT2D eigenvalue weighted by atomic mass is 32.2. The van der Waals surface area contributed by atoms with Gasteiger partial charge in [0.25, 0.3) is 0 Å². The standard InChI is InChI=1S/C22H24N4O5S2/c1-4-30-17-9-15(31-14-5-6-19(24-10-14)33(3,28)29)7-13-8-16(26-20(13)17)22-25-11-18(32-22)12(2)21(23)27/h5-10,12,18,26H,4,11H2,1-3H3,(H2,23,27). The van der Waals surface area contributed by atoms with E-state index in [1.54, 1.807) is 12.1 Å². The predicted octanol–water partition coefficient (Wildman–Crippen LogP) is 3.14. The zero-order valence-electron chi connectivity index (χ0n) is 18.4. The quantitative estimate of drug-likeness (QED) is 0.497. The number of nitrogens with zero attached hydrogens (tertiary/aromatic N) is 2. The zero-order chi connectivity index (χ0) is 23.8. The zero-order valence-corrected chi connectivity index (χ0v) is 20.0. The first-order valence-electron chi connectivity index (χ1n) is 10.3. The van der Waals surface area contributed by atoms with E-state index in [1.807, 2.05) is 26.0 Å². The van der Waals surface area contributed by atoms with Crippen LogP contribution in [0.4, 0.5) is 0 Å². The third kappa shape index (κ3) is 4.98. The van der Waals surface area contributed by atoms with E-state index in [4.69, 9.17) is 15.2 Å². The van der Waals surface area contributed by atoms with Gasteiger partial charge < -0.3 is 20.2 Å². The molecule has 0 radical (unpaired) electrons. The van der Waals surface area contributed by atoms with Crippen LogP contribution in [0.25, 0.3) is 10.9 Å². The molecule has 1 aliphatic heterocycles. The highest BCUT2D eigenvalue weighted by molar-refractivity contribution is 8.15. The number of sulfone groups is 1. The van der Waals surface area contributed by atoms with Crippen molar-refractivity contribution in [3.8, 4) is 17.2 Å². The first kappa shape index (κ1) is 23.1. The van der Waals surface area contributed by atoms with E-state index in [9.17, 15) is 13.2 Å². The number of hydrogen-bond acceptors (Lipinski definition) is 8. The monoisotopic (exact) mass is 488 g/mol. The van der Waals surface area contributed by atoms with Gasteiger partial charge in [0, 0.05) is 28.9 Å². The number of thioether (sulfide) groups is 1. The highest BCUT2D eigenvalue weighted by Gasteiger charge is 2.29. The number of rotatable bonds is 8. The number of fused-ring (bicyclic) bond motifs is 1. The van der Waals surface area contributed by atoms with E-state index in [1.165, 1.54) is 24.0 Å². The Bertz CT molecular complexity index is 1330. The summed E-state index contributed by atoms with van der Waals surface area (Å²) in [6, 6.07) is 8.53. The molecule has 2 unspecified atom stereocenters. The Morgan fingerprint density at radius 2 is 2.09 bits per heavy atom. The molecule has 2 atom stereocenters. The van der Waals surface area contributed by atoms with Crippen LogP contribution in [-0.2, 0) is 14.6 Å². The SMILES string of the molecule is CCOc1cc(Oc2ccc(S(C)(=O)=O)nc2)cc2cc(C3=NCC(C(C)C(N)=O)S3)[nH]c12. The summed E-state index contributed by atoms with van der Waals surface area (Å²) in [5.41, 5.74) is 7.08. The molecule has 174 valence electrons. The van der Waals surface area contributed by atoms with Crippen LogP contribution in [-0.4, -0.2) is 54.0 Å². The molecule has 3 N–H and O–H groups in total. The summed E-state index contributed by atoms with van der Waals surface area (Å²) in [6.07, 6.45) is 2.47. The average molecular weight is 489 g/mol. The molecule has 1 amide bonds. The lowest BCUT2D eigenvalue weighted by molar-refractivity contribution is -0.121. The number of nitrogens with one attached hydrogen (secondary N) is 1. The van der Waals surface area contributed by atoms with Gasteiger partial charge in [0.15, 0.2) is 14.9 Å². The highest BCUT2D eigenvalue weighted by Crippen LogP contribution is 2.36. The molecule has 3 heterocycles. The van der Waals surface area contributed by atoms with Crippen LogP contribution in [0.5, 0.6) is 17.2 Å². The number of benzene rings is 1. The fraction of sp³-hybridized carbons (Fsp3) is 0.318. The number of ether oxygens (including phenoxy) is 2. The van der Waals surface area contributed by atoms with Crippen molar-refractivity contribution in [2.24, 2.45) is 16.6 Å². The minimum absolute atomic E-state index is 0.0107. The van der Waals surface area contributed by atoms with E-state index >= 15 is 0 Å². The second kappa shape index (κ2) is 9.06. The van der Waals surface area contributed by atoms with Crippen molar-refractivity contribution >= 4 is 43.5 Å². The number of carbonyl (C=O) groups is 1. The summed E-state index contributed by atoms with van der Waals surface area (Å²) < 4.78 is 34.9. The van der Waals surface area contributed by atoms with Crippen LogP contribution in [0.1, 0.15) is 19.5 Å². The van der Waals surface area contributed by atoms with Gasteiger partial charge in [-0.2, -0.15) is 0 Å². The van der Waals surface area contributed by atoms with E-state index in [-0.39, 0.29) is 22.1 Å². The van der Waals surface area contributed by atoms with Gasteiger partial charge in [-0.1, -0.05) is 18.7 Å². The van der Waals surface area contributed by atoms with Crippen molar-refractivity contribution in [2.75, 3.05) is 19.4 Å². The summed E-state index contributed by atoms with van der Waals surface area (Å²) in [5.74, 6) is 0.926. The second-order valence-electron chi connectivity index (χ2n) is 7.70. The number of aliphatic imine (C=N–C) groups is 1. The summed E-state index contributed by atoms with van der Waals surface area (Å²) >= 11 is 1.53. The molecule has 3 aromatic rings. The molecule has 0 fully saturated rings. The van der Waals surface area contributed by atoms with Crippen molar-refractivity contribution in [2.45, 2.75) is 24.1 Å². The topological polar surface area (TPSA) is 137 Å². The summed E-state index contributed by atoms with van der Waals surface area (Å²) in [7, 11) is -3.38. The number of hydrogen-bond donors (Lipinski definition) is 2. The number of carbonyl (C=O) groups excluding carboxylic acids is 1.